The van der Waals surface area contributed by atoms with Gasteiger partial charge in [0.2, 0.25) is 0 Å². The summed E-state index contributed by atoms with van der Waals surface area (Å²) in [6.45, 7) is 5.18. The van der Waals surface area contributed by atoms with Gasteiger partial charge in [0, 0.05) is 0 Å². The molecule has 5 rings (SSSR count). The molecule has 0 amide bonds. The second-order valence-corrected chi connectivity index (χ2v) is 11.9. The number of hydrogen-bond acceptors (Lipinski definition) is 0. The van der Waals surface area contributed by atoms with Crippen molar-refractivity contribution in [1.29, 1.82) is 0 Å². The summed E-state index contributed by atoms with van der Waals surface area (Å²) >= 11 is 0. The Kier molecular flexibility index (Phi) is 5.64. The summed E-state index contributed by atoms with van der Waals surface area (Å²) in [6.07, 6.45) is 23.6. The molecule has 0 N–H and O–H groups in total. The Labute approximate surface area is 169 Å². The van der Waals surface area contributed by atoms with Gasteiger partial charge in [0.15, 0.2) is 0 Å². The number of hydrogen-bond donors (Lipinski definition) is 0. The highest BCUT2D eigenvalue weighted by molar-refractivity contribution is 4.99. The molecule has 0 unspecified atom stereocenters. The van der Waals surface area contributed by atoms with Crippen molar-refractivity contribution < 1.29 is 0 Å². The van der Waals surface area contributed by atoms with Gasteiger partial charge in [-0.2, -0.15) is 0 Å². The zero-order valence-electron chi connectivity index (χ0n) is 18.4. The predicted molar refractivity (Wildman–Crippen MR) is 116 cm³/mol. The van der Waals surface area contributed by atoms with E-state index in [0.717, 1.165) is 59.2 Å². The molecule has 5 aliphatic rings. The van der Waals surface area contributed by atoms with Gasteiger partial charge < -0.3 is 0 Å². The SMILES string of the molecule is C[C@@H]1CCC[C@@H]1[C@H]1CCC[C@H]1[C@@H]1CCC[C@@H]1[C@H]1CCC[C@H]1[C@@H]1CCC[C@@H]1C. The van der Waals surface area contributed by atoms with Crippen LogP contribution in [0.2, 0.25) is 0 Å². The van der Waals surface area contributed by atoms with Crippen molar-refractivity contribution in [3.8, 4) is 0 Å². The Morgan fingerprint density at radius 3 is 0.778 bits per heavy atom. The van der Waals surface area contributed by atoms with Crippen LogP contribution in [0.15, 0.2) is 0 Å². The summed E-state index contributed by atoms with van der Waals surface area (Å²) in [4.78, 5) is 0. The standard InChI is InChI=1S/C27H46/c1-18-8-3-10-20(18)22-12-5-14-24(22)26-16-7-17-27(26)25-15-6-13-23(25)21-11-4-9-19(21)2/h18-27H,3-17H2,1-2H3/t18-,19+,20+,21-,22-,23+,24-,25+,26+,27-. The van der Waals surface area contributed by atoms with Crippen LogP contribution in [0, 0.1) is 59.2 Å². The van der Waals surface area contributed by atoms with Crippen LogP contribution in [-0.4, -0.2) is 0 Å². The first-order valence-electron chi connectivity index (χ1n) is 13.2. The maximum absolute atomic E-state index is 2.59. The molecule has 0 heteroatoms. The van der Waals surface area contributed by atoms with E-state index in [1.54, 1.807) is 70.6 Å². The van der Waals surface area contributed by atoms with Crippen LogP contribution in [0.25, 0.3) is 0 Å². The van der Waals surface area contributed by atoms with E-state index in [0.29, 0.717) is 0 Å². The van der Waals surface area contributed by atoms with Crippen LogP contribution < -0.4 is 0 Å². The molecule has 0 bridgehead atoms. The summed E-state index contributed by atoms with van der Waals surface area (Å²) in [7, 11) is 0. The fourth-order valence-corrected chi connectivity index (χ4v) is 9.86. The van der Waals surface area contributed by atoms with Crippen molar-refractivity contribution in [2.24, 2.45) is 59.2 Å². The monoisotopic (exact) mass is 370 g/mol. The third-order valence-corrected chi connectivity index (χ3v) is 10.9. The molecule has 154 valence electrons. The Hall–Kier alpha value is 0. The first kappa shape index (κ1) is 19.0. The van der Waals surface area contributed by atoms with Crippen LogP contribution in [0.4, 0.5) is 0 Å². The maximum Gasteiger partial charge on any atom is -0.0352 e. The third kappa shape index (κ3) is 3.44. The molecule has 0 aromatic rings. The van der Waals surface area contributed by atoms with E-state index in [9.17, 15) is 0 Å². The minimum Gasteiger partial charge on any atom is -0.0622 e. The molecular weight excluding hydrogens is 324 g/mol. The van der Waals surface area contributed by atoms with Gasteiger partial charge in [0.1, 0.15) is 0 Å². The summed E-state index contributed by atoms with van der Waals surface area (Å²) in [5, 5.41) is 0. The molecule has 5 saturated carbocycles. The highest BCUT2D eigenvalue weighted by Gasteiger charge is 2.49. The predicted octanol–water partition coefficient (Wildman–Crippen LogP) is 8.11. The van der Waals surface area contributed by atoms with Crippen molar-refractivity contribution in [2.75, 3.05) is 0 Å². The van der Waals surface area contributed by atoms with E-state index in [1.807, 2.05) is 0 Å². The molecule has 0 spiro atoms. The van der Waals surface area contributed by atoms with Crippen LogP contribution >= 0.6 is 0 Å². The lowest BCUT2D eigenvalue weighted by Crippen LogP contribution is -2.34. The van der Waals surface area contributed by atoms with Crippen LogP contribution in [0.5, 0.6) is 0 Å². The van der Waals surface area contributed by atoms with E-state index >= 15 is 0 Å². The lowest BCUT2D eigenvalue weighted by molar-refractivity contribution is 0.0834. The lowest BCUT2D eigenvalue weighted by Gasteiger charge is -2.40. The molecule has 5 aliphatic carbocycles. The van der Waals surface area contributed by atoms with E-state index < -0.39 is 0 Å². The quantitative estimate of drug-likeness (QED) is 0.469. The first-order valence-corrected chi connectivity index (χ1v) is 13.2. The molecule has 5 fully saturated rings. The van der Waals surface area contributed by atoms with Crippen molar-refractivity contribution in [2.45, 2.75) is 110 Å². The van der Waals surface area contributed by atoms with Gasteiger partial charge in [-0.1, -0.05) is 58.8 Å². The van der Waals surface area contributed by atoms with Crippen LogP contribution in [0.1, 0.15) is 110 Å². The smallest absolute Gasteiger partial charge is 0.0352 e. The summed E-state index contributed by atoms with van der Waals surface area (Å²) < 4.78 is 0. The highest BCUT2D eigenvalue weighted by Crippen LogP contribution is 2.58. The van der Waals surface area contributed by atoms with Gasteiger partial charge in [0.25, 0.3) is 0 Å². The first-order chi connectivity index (χ1) is 13.2. The maximum atomic E-state index is 2.59. The van der Waals surface area contributed by atoms with Gasteiger partial charge in [-0.15, -0.1) is 0 Å². The van der Waals surface area contributed by atoms with Crippen molar-refractivity contribution in [3.63, 3.8) is 0 Å². The lowest BCUT2D eigenvalue weighted by atomic mass is 9.65. The third-order valence-electron chi connectivity index (χ3n) is 10.9. The molecular formula is C27H46. The van der Waals surface area contributed by atoms with Gasteiger partial charge in [0.05, 0.1) is 0 Å². The molecule has 10 atom stereocenters. The summed E-state index contributed by atoms with van der Waals surface area (Å²) in [6, 6.07) is 0. The average Bonchev–Trinajstić information content (AvgIpc) is 3.44. The molecule has 0 radical (unpaired) electrons. The largest absolute Gasteiger partial charge is 0.0622 e. The zero-order valence-corrected chi connectivity index (χ0v) is 18.4. The van der Waals surface area contributed by atoms with Crippen LogP contribution in [-0.2, 0) is 0 Å². The fraction of sp³-hybridized carbons (Fsp3) is 1.00. The normalized spacial score (nSPS) is 53.6. The summed E-state index contributed by atoms with van der Waals surface area (Å²) in [5.74, 6) is 11.1. The van der Waals surface area contributed by atoms with E-state index in [2.05, 4.69) is 13.8 Å². The minimum absolute atomic E-state index is 1.04. The van der Waals surface area contributed by atoms with Gasteiger partial charge >= 0.3 is 0 Å². The van der Waals surface area contributed by atoms with E-state index in [1.165, 1.54) is 25.7 Å². The minimum atomic E-state index is 1.04. The van der Waals surface area contributed by atoms with E-state index in [4.69, 9.17) is 0 Å². The zero-order chi connectivity index (χ0) is 18.4. The molecule has 0 aromatic carbocycles. The topological polar surface area (TPSA) is 0 Å². The summed E-state index contributed by atoms with van der Waals surface area (Å²) in [5.41, 5.74) is 0. The van der Waals surface area contributed by atoms with Gasteiger partial charge in [-0.25, -0.2) is 0 Å². The molecule has 0 saturated heterocycles. The van der Waals surface area contributed by atoms with E-state index in [-0.39, 0.29) is 0 Å². The van der Waals surface area contributed by atoms with Gasteiger partial charge in [-0.05, 0) is 111 Å². The Balaban J connectivity index is 1.32. The Bertz CT molecular complexity index is 450. The number of rotatable bonds is 4. The van der Waals surface area contributed by atoms with Crippen molar-refractivity contribution in [1.82, 2.24) is 0 Å². The molecule has 0 nitrogen and oxygen atoms in total. The Morgan fingerprint density at radius 2 is 0.519 bits per heavy atom. The van der Waals surface area contributed by atoms with Crippen LogP contribution in [0.3, 0.4) is 0 Å². The van der Waals surface area contributed by atoms with Gasteiger partial charge in [-0.3, -0.25) is 0 Å². The van der Waals surface area contributed by atoms with Crippen molar-refractivity contribution >= 4 is 0 Å². The fourth-order valence-electron chi connectivity index (χ4n) is 9.86. The highest BCUT2D eigenvalue weighted by atomic mass is 14.5. The molecule has 27 heavy (non-hydrogen) atoms. The Morgan fingerprint density at radius 1 is 0.296 bits per heavy atom. The average molecular weight is 371 g/mol. The second-order valence-electron chi connectivity index (χ2n) is 11.9. The molecule has 0 heterocycles. The molecule has 0 aliphatic heterocycles. The second kappa shape index (κ2) is 8.02. The molecule has 0 aromatic heterocycles. The van der Waals surface area contributed by atoms with Crippen molar-refractivity contribution in [3.05, 3.63) is 0 Å².